The average Bonchev–Trinajstić information content (AvgIpc) is 3.36. The van der Waals surface area contributed by atoms with Crippen molar-refractivity contribution in [1.29, 1.82) is 0 Å². The van der Waals surface area contributed by atoms with Gasteiger partial charge in [0.1, 0.15) is 0 Å². The molecule has 0 N–H and O–H groups in total. The van der Waals surface area contributed by atoms with Crippen LogP contribution >= 0.6 is 27.7 Å². The number of carbonyl (C=O) groups excluding carboxylic acids is 1. The molecular weight excluding hydrogens is 560 g/mol. The van der Waals surface area contributed by atoms with Crippen LogP contribution in [0.2, 0.25) is 0 Å². The van der Waals surface area contributed by atoms with E-state index in [1.54, 1.807) is 6.92 Å². The van der Waals surface area contributed by atoms with Crippen molar-refractivity contribution in [2.75, 3.05) is 16.6 Å². The number of esters is 1. The summed E-state index contributed by atoms with van der Waals surface area (Å²) in [5.41, 5.74) is 5.45. The first-order valence-corrected chi connectivity index (χ1v) is 13.8. The fraction of sp³-hybridized carbons (Fsp3) is 0.100. The Hall–Kier alpha value is -3.88. The van der Waals surface area contributed by atoms with Crippen LogP contribution in [0.3, 0.4) is 0 Å². The fourth-order valence-corrected chi connectivity index (χ4v) is 6.22. The second-order valence-electron chi connectivity index (χ2n) is 8.63. The van der Waals surface area contributed by atoms with Crippen LogP contribution in [0.25, 0.3) is 0 Å². The Bertz CT molecular complexity index is 1540. The van der Waals surface area contributed by atoms with Gasteiger partial charge in [-0.1, -0.05) is 88.7 Å². The summed E-state index contributed by atoms with van der Waals surface area (Å²) in [5.74, 6) is -0.455. The monoisotopic (exact) mass is 582 g/mol. The molecule has 0 aromatic heterocycles. The minimum absolute atomic E-state index is 0.265. The SMILES string of the molecule is CCOC(=O)C1=NN(c2ccccc2)[C@@]2(S1)c1ccccc1C(c1ccc(Br)cc1)=NN2c1ccccc1. The maximum absolute atomic E-state index is 13.1. The number of anilines is 2. The van der Waals surface area contributed by atoms with Crippen LogP contribution in [0.4, 0.5) is 11.4 Å². The predicted octanol–water partition coefficient (Wildman–Crippen LogP) is 6.96. The summed E-state index contributed by atoms with van der Waals surface area (Å²) in [6.07, 6.45) is 0. The summed E-state index contributed by atoms with van der Waals surface area (Å²) in [7, 11) is 0. The van der Waals surface area contributed by atoms with E-state index < -0.39 is 11.0 Å². The van der Waals surface area contributed by atoms with Gasteiger partial charge in [0.15, 0.2) is 0 Å². The molecule has 6 nitrogen and oxygen atoms in total. The molecule has 1 atom stereocenters. The molecular formula is C30H23BrN4O2S. The number of fused-ring (bicyclic) bond motifs is 2. The number of hydrogen-bond acceptors (Lipinski definition) is 7. The quantitative estimate of drug-likeness (QED) is 0.238. The molecule has 0 bridgehead atoms. The lowest BCUT2D eigenvalue weighted by molar-refractivity contribution is -0.134. The number of para-hydroxylation sites is 2. The van der Waals surface area contributed by atoms with E-state index in [1.165, 1.54) is 11.8 Å². The predicted molar refractivity (Wildman–Crippen MR) is 157 cm³/mol. The van der Waals surface area contributed by atoms with Gasteiger partial charge < -0.3 is 4.74 Å². The molecule has 38 heavy (non-hydrogen) atoms. The highest BCUT2D eigenvalue weighted by Crippen LogP contribution is 2.55. The Morgan fingerprint density at radius 1 is 0.816 bits per heavy atom. The Morgan fingerprint density at radius 2 is 1.39 bits per heavy atom. The normalized spacial score (nSPS) is 18.2. The lowest BCUT2D eigenvalue weighted by Gasteiger charge is -2.47. The van der Waals surface area contributed by atoms with Crippen molar-refractivity contribution in [3.05, 3.63) is 130 Å². The molecule has 2 heterocycles. The van der Waals surface area contributed by atoms with Gasteiger partial charge in [-0.05, 0) is 55.1 Å². The van der Waals surface area contributed by atoms with Crippen molar-refractivity contribution in [2.45, 2.75) is 11.9 Å². The van der Waals surface area contributed by atoms with E-state index in [1.807, 2.05) is 94.9 Å². The maximum atomic E-state index is 13.1. The second-order valence-corrected chi connectivity index (χ2v) is 10.7. The van der Waals surface area contributed by atoms with Gasteiger partial charge in [-0.2, -0.15) is 10.2 Å². The van der Waals surface area contributed by atoms with E-state index in [9.17, 15) is 4.79 Å². The Morgan fingerprint density at radius 3 is 2.03 bits per heavy atom. The summed E-state index contributed by atoms with van der Waals surface area (Å²) in [5, 5.41) is 14.3. The number of rotatable bonds is 5. The number of hydrogen-bond donors (Lipinski definition) is 0. The maximum Gasteiger partial charge on any atom is 0.365 e. The van der Waals surface area contributed by atoms with Crippen molar-refractivity contribution in [2.24, 2.45) is 10.2 Å². The summed E-state index contributed by atoms with van der Waals surface area (Å²) in [4.78, 5) is 12.0. The van der Waals surface area contributed by atoms with Gasteiger partial charge >= 0.3 is 5.97 Å². The van der Waals surface area contributed by atoms with E-state index in [0.29, 0.717) is 0 Å². The van der Waals surface area contributed by atoms with Crippen LogP contribution in [0.5, 0.6) is 0 Å². The van der Waals surface area contributed by atoms with Crippen molar-refractivity contribution >= 4 is 55.8 Å². The summed E-state index contributed by atoms with van der Waals surface area (Å²) < 4.78 is 6.40. The number of hydrazone groups is 2. The Kier molecular flexibility index (Phi) is 6.51. The fourth-order valence-electron chi connectivity index (χ4n) is 4.67. The molecule has 4 aromatic carbocycles. The lowest BCUT2D eigenvalue weighted by atomic mass is 9.93. The van der Waals surface area contributed by atoms with Gasteiger partial charge in [-0.15, -0.1) is 0 Å². The molecule has 0 aliphatic carbocycles. The van der Waals surface area contributed by atoms with Crippen molar-refractivity contribution in [3.63, 3.8) is 0 Å². The highest BCUT2D eigenvalue weighted by molar-refractivity contribution is 9.10. The largest absolute Gasteiger partial charge is 0.461 e. The second kappa shape index (κ2) is 10.1. The number of carbonyl (C=O) groups is 1. The van der Waals surface area contributed by atoms with Crippen LogP contribution in [0.15, 0.2) is 124 Å². The van der Waals surface area contributed by atoms with Gasteiger partial charge in [-0.3, -0.25) is 0 Å². The Labute approximate surface area is 233 Å². The summed E-state index contributed by atoms with van der Waals surface area (Å²) in [6, 6.07) is 36.2. The first kappa shape index (κ1) is 24.5. The van der Waals surface area contributed by atoms with Crippen molar-refractivity contribution in [1.82, 2.24) is 0 Å². The van der Waals surface area contributed by atoms with Crippen LogP contribution in [0.1, 0.15) is 23.6 Å². The molecule has 188 valence electrons. The molecule has 2 aliphatic rings. The van der Waals surface area contributed by atoms with Crippen molar-refractivity contribution in [3.8, 4) is 0 Å². The average molecular weight is 584 g/mol. The third-order valence-corrected chi connectivity index (χ3v) is 8.13. The van der Waals surface area contributed by atoms with Crippen LogP contribution < -0.4 is 10.0 Å². The van der Waals surface area contributed by atoms with Gasteiger partial charge in [0.05, 0.1) is 23.7 Å². The lowest BCUT2D eigenvalue weighted by Crippen LogP contribution is -2.54. The van der Waals surface area contributed by atoms with Crippen LogP contribution in [-0.2, 0) is 14.5 Å². The van der Waals surface area contributed by atoms with E-state index in [4.69, 9.17) is 14.9 Å². The van der Waals surface area contributed by atoms with E-state index >= 15 is 0 Å². The zero-order valence-electron chi connectivity index (χ0n) is 20.5. The third-order valence-electron chi connectivity index (χ3n) is 6.31. The third kappa shape index (κ3) is 4.10. The van der Waals surface area contributed by atoms with Crippen molar-refractivity contribution < 1.29 is 9.53 Å². The molecule has 0 saturated heterocycles. The molecule has 0 radical (unpaired) electrons. The summed E-state index contributed by atoms with van der Waals surface area (Å²) in [6.45, 7) is 2.06. The number of thioether (sulfide) groups is 1. The molecule has 0 fully saturated rings. The molecule has 2 aliphatic heterocycles. The van der Waals surface area contributed by atoms with E-state index in [2.05, 4.69) is 40.2 Å². The Balaban J connectivity index is 1.64. The van der Waals surface area contributed by atoms with Crippen LogP contribution in [0, 0.1) is 0 Å². The zero-order chi connectivity index (χ0) is 26.1. The standard InChI is InChI=1S/C30H23BrN4O2S/c1-2-37-29(36)28-33-35(24-13-7-4-8-14-24)30(38-28)26-16-10-9-15-25(26)27(21-17-19-22(31)20-18-21)32-34(30)23-11-5-3-6-12-23/h3-20H,2H2,1H3/t30-/m1/s1. The van der Waals surface area contributed by atoms with Gasteiger partial charge in [-0.25, -0.2) is 14.8 Å². The van der Waals surface area contributed by atoms with Crippen LogP contribution in [-0.4, -0.2) is 23.3 Å². The summed E-state index contributed by atoms with van der Waals surface area (Å²) >= 11 is 4.89. The smallest absolute Gasteiger partial charge is 0.365 e. The minimum atomic E-state index is -1.01. The number of nitrogens with zero attached hydrogens (tertiary/aromatic N) is 4. The molecule has 0 saturated carbocycles. The number of benzene rings is 4. The van der Waals surface area contributed by atoms with E-state index in [0.717, 1.165) is 38.2 Å². The molecule has 4 aromatic rings. The first-order valence-electron chi connectivity index (χ1n) is 12.2. The topological polar surface area (TPSA) is 57.5 Å². The van der Waals surface area contributed by atoms with Gasteiger partial charge in [0, 0.05) is 21.2 Å². The van der Waals surface area contributed by atoms with Gasteiger partial charge in [0.2, 0.25) is 10.0 Å². The number of ether oxygens (including phenoxy) is 1. The molecule has 8 heteroatoms. The van der Waals surface area contributed by atoms with E-state index in [-0.39, 0.29) is 11.7 Å². The molecule has 1 spiro atoms. The minimum Gasteiger partial charge on any atom is -0.461 e. The molecule has 6 rings (SSSR count). The zero-order valence-corrected chi connectivity index (χ0v) is 22.9. The highest BCUT2D eigenvalue weighted by atomic mass is 79.9. The molecule has 0 unspecified atom stereocenters. The highest BCUT2D eigenvalue weighted by Gasteiger charge is 2.56. The first-order chi connectivity index (χ1) is 18.6. The number of halogens is 1. The molecule has 0 amide bonds. The van der Waals surface area contributed by atoms with Gasteiger partial charge in [0.25, 0.3) is 0 Å².